The predicted molar refractivity (Wildman–Crippen MR) is 152 cm³/mol. The molecule has 10 nitrogen and oxygen atoms in total. The Hall–Kier alpha value is -3.80. The molecular formula is C28H23Cl2N5O5S. The second kappa shape index (κ2) is 9.93. The molecule has 1 unspecified atom stereocenters. The molecule has 210 valence electrons. The van der Waals surface area contributed by atoms with Crippen molar-refractivity contribution in [1.29, 1.82) is 0 Å². The first kappa shape index (κ1) is 27.4. The molecule has 13 heteroatoms. The summed E-state index contributed by atoms with van der Waals surface area (Å²) >= 11 is 12.5. The number of benzene rings is 2. The summed E-state index contributed by atoms with van der Waals surface area (Å²) in [5.41, 5.74) is 1.37. The van der Waals surface area contributed by atoms with Crippen LogP contribution in [0.15, 0.2) is 72.4 Å². The molecule has 4 aromatic rings. The maximum atomic E-state index is 14.2. The van der Waals surface area contributed by atoms with E-state index in [1.54, 1.807) is 31.5 Å². The normalized spacial score (nSPS) is 21.9. The molecule has 2 aromatic carbocycles. The molecule has 1 aliphatic heterocycles. The Morgan fingerprint density at radius 2 is 1.68 bits per heavy atom. The van der Waals surface area contributed by atoms with E-state index in [0.29, 0.717) is 15.7 Å². The van der Waals surface area contributed by atoms with Crippen LogP contribution in [0.3, 0.4) is 0 Å². The lowest BCUT2D eigenvalue weighted by Crippen LogP contribution is -2.46. The summed E-state index contributed by atoms with van der Waals surface area (Å²) in [6, 6.07) is 12.1. The fraction of sp³-hybridized carbons (Fsp3) is 0.250. The van der Waals surface area contributed by atoms with Gasteiger partial charge in [-0.1, -0.05) is 47.5 Å². The summed E-state index contributed by atoms with van der Waals surface area (Å²) in [4.78, 5) is 39.7. The molecule has 1 amide bonds. The van der Waals surface area contributed by atoms with Gasteiger partial charge in [0, 0.05) is 34.4 Å². The largest absolute Gasteiger partial charge is 0.481 e. The SMILES string of the molecule is C[C@@]1(Cc2ccc(-c3cncnc3)cc2)C(=O)N(c2cc(Cl)cc(Cl)c2)c2ncc(S(=O)(=O)C3CC[C@H]3C(=O)O)n21. The molecule has 41 heavy (non-hydrogen) atoms. The van der Waals surface area contributed by atoms with Crippen LogP contribution < -0.4 is 4.90 Å². The molecule has 2 aliphatic rings. The summed E-state index contributed by atoms with van der Waals surface area (Å²) in [7, 11) is -4.16. The molecule has 1 saturated carbocycles. The van der Waals surface area contributed by atoms with Crippen LogP contribution >= 0.6 is 23.2 Å². The third kappa shape index (κ3) is 4.48. The first-order valence-corrected chi connectivity index (χ1v) is 15.0. The van der Waals surface area contributed by atoms with Crippen LogP contribution in [-0.2, 0) is 31.4 Å². The maximum Gasteiger partial charge on any atom is 0.307 e. The van der Waals surface area contributed by atoms with Gasteiger partial charge in [-0.25, -0.2) is 28.3 Å². The minimum absolute atomic E-state index is 0.0821. The van der Waals surface area contributed by atoms with E-state index in [0.717, 1.165) is 16.7 Å². The number of amides is 1. The third-order valence-electron chi connectivity index (χ3n) is 7.79. The van der Waals surface area contributed by atoms with E-state index in [1.807, 2.05) is 24.3 Å². The number of hydrogen-bond acceptors (Lipinski definition) is 7. The average Bonchev–Trinajstić information content (AvgIpc) is 3.42. The van der Waals surface area contributed by atoms with Crippen molar-refractivity contribution in [1.82, 2.24) is 19.5 Å². The summed E-state index contributed by atoms with van der Waals surface area (Å²) in [5.74, 6) is -2.53. The number of rotatable bonds is 7. The number of carboxylic acids is 1. The van der Waals surface area contributed by atoms with Crippen molar-refractivity contribution in [2.45, 2.75) is 42.0 Å². The molecule has 6 rings (SSSR count). The molecule has 1 aliphatic carbocycles. The summed E-state index contributed by atoms with van der Waals surface area (Å²) < 4.78 is 29.1. The van der Waals surface area contributed by atoms with E-state index in [4.69, 9.17) is 23.2 Å². The zero-order valence-electron chi connectivity index (χ0n) is 21.6. The van der Waals surface area contributed by atoms with Gasteiger partial charge in [-0.3, -0.25) is 14.2 Å². The number of carboxylic acid groups (broad SMARTS) is 1. The van der Waals surface area contributed by atoms with Gasteiger partial charge in [0.2, 0.25) is 5.95 Å². The van der Waals surface area contributed by atoms with Gasteiger partial charge in [-0.05, 0) is 49.1 Å². The molecular weight excluding hydrogens is 589 g/mol. The van der Waals surface area contributed by atoms with Gasteiger partial charge in [0.1, 0.15) is 11.9 Å². The monoisotopic (exact) mass is 611 g/mol. The Balaban J connectivity index is 1.46. The number of anilines is 2. The second-order valence-corrected chi connectivity index (χ2v) is 13.4. The van der Waals surface area contributed by atoms with Crippen LogP contribution in [0, 0.1) is 5.92 Å². The molecule has 0 radical (unpaired) electrons. The molecule has 1 fully saturated rings. The summed E-state index contributed by atoms with van der Waals surface area (Å²) in [6.07, 6.45) is 6.63. The van der Waals surface area contributed by atoms with Crippen LogP contribution in [0.5, 0.6) is 0 Å². The van der Waals surface area contributed by atoms with Crippen LogP contribution in [-0.4, -0.2) is 50.2 Å². The minimum Gasteiger partial charge on any atom is -0.481 e. The highest BCUT2D eigenvalue weighted by Crippen LogP contribution is 2.46. The average molecular weight is 612 g/mol. The Bertz CT molecular complexity index is 1780. The molecule has 1 N–H and O–H groups in total. The Morgan fingerprint density at radius 1 is 1.02 bits per heavy atom. The van der Waals surface area contributed by atoms with Gasteiger partial charge in [0.25, 0.3) is 5.91 Å². The smallest absolute Gasteiger partial charge is 0.307 e. The van der Waals surface area contributed by atoms with Crippen LogP contribution in [0.2, 0.25) is 10.0 Å². The van der Waals surface area contributed by atoms with E-state index < -0.39 is 38.4 Å². The highest BCUT2D eigenvalue weighted by Gasteiger charge is 2.54. The van der Waals surface area contributed by atoms with E-state index in [9.17, 15) is 23.1 Å². The molecule has 3 atom stereocenters. The van der Waals surface area contributed by atoms with Gasteiger partial charge < -0.3 is 5.11 Å². The number of carbonyl (C=O) groups is 2. The zero-order chi connectivity index (χ0) is 29.1. The van der Waals surface area contributed by atoms with E-state index in [2.05, 4.69) is 15.0 Å². The molecule has 2 aromatic heterocycles. The summed E-state index contributed by atoms with van der Waals surface area (Å²) in [6.45, 7) is 1.65. The number of aliphatic carboxylic acids is 1. The highest BCUT2D eigenvalue weighted by molar-refractivity contribution is 7.92. The second-order valence-electron chi connectivity index (χ2n) is 10.4. The first-order chi connectivity index (χ1) is 19.5. The van der Waals surface area contributed by atoms with Gasteiger partial charge >= 0.3 is 5.97 Å². The third-order valence-corrected chi connectivity index (χ3v) is 10.5. The number of sulfone groups is 1. The number of aromatic nitrogens is 4. The summed E-state index contributed by atoms with van der Waals surface area (Å²) in [5, 5.41) is 8.83. The highest BCUT2D eigenvalue weighted by atomic mass is 35.5. The molecule has 0 spiro atoms. The van der Waals surface area contributed by atoms with Crippen molar-refractivity contribution in [3.8, 4) is 11.1 Å². The van der Waals surface area contributed by atoms with Crippen LogP contribution in [0.1, 0.15) is 25.3 Å². The van der Waals surface area contributed by atoms with Crippen molar-refractivity contribution in [2.75, 3.05) is 4.90 Å². The zero-order valence-corrected chi connectivity index (χ0v) is 23.9. The van der Waals surface area contributed by atoms with Crippen LogP contribution in [0.25, 0.3) is 11.1 Å². The fourth-order valence-corrected chi connectivity index (χ4v) is 8.26. The Labute approximate surface area is 245 Å². The number of imidazole rings is 1. The number of carbonyl (C=O) groups excluding carboxylic acids is 1. The van der Waals surface area contributed by atoms with Gasteiger partial charge in [0.15, 0.2) is 14.9 Å². The van der Waals surface area contributed by atoms with Gasteiger partial charge in [-0.15, -0.1) is 0 Å². The number of nitrogens with zero attached hydrogens (tertiary/aromatic N) is 5. The maximum absolute atomic E-state index is 14.2. The first-order valence-electron chi connectivity index (χ1n) is 12.7. The fourth-order valence-electron chi connectivity index (χ4n) is 5.57. The lowest BCUT2D eigenvalue weighted by atomic mass is 9.85. The van der Waals surface area contributed by atoms with Gasteiger partial charge in [-0.2, -0.15) is 0 Å². The van der Waals surface area contributed by atoms with E-state index in [1.165, 1.54) is 28.1 Å². The lowest BCUT2D eigenvalue weighted by molar-refractivity contribution is -0.144. The Kier molecular flexibility index (Phi) is 6.63. The number of fused-ring (bicyclic) bond motifs is 1. The quantitative estimate of drug-likeness (QED) is 0.311. The topological polar surface area (TPSA) is 135 Å². The minimum atomic E-state index is -4.16. The van der Waals surface area contributed by atoms with Crippen molar-refractivity contribution in [2.24, 2.45) is 5.92 Å². The van der Waals surface area contributed by atoms with Crippen molar-refractivity contribution in [3.63, 3.8) is 0 Å². The number of halogens is 2. The molecule has 0 bridgehead atoms. The lowest BCUT2D eigenvalue weighted by Gasteiger charge is -2.34. The molecule has 0 saturated heterocycles. The van der Waals surface area contributed by atoms with Gasteiger partial charge in [0.05, 0.1) is 23.1 Å². The van der Waals surface area contributed by atoms with Crippen molar-refractivity contribution in [3.05, 3.63) is 83.0 Å². The Morgan fingerprint density at radius 3 is 2.27 bits per heavy atom. The standard InChI is InChI=1S/C28H23Cl2N5O5S/c1-28(11-16-2-4-17(5-3-16)18-12-31-15-32-13-18)26(38)34(21-9-19(29)8-20(30)10-21)27-33-14-24(35(27)28)41(39,40)23-7-6-22(23)25(36)37/h2-5,8-10,12-15,22-23H,6-7,11H2,1H3,(H,36,37)/t22-,23?,28-/m1/s1. The van der Waals surface area contributed by atoms with E-state index in [-0.39, 0.29) is 30.2 Å². The van der Waals surface area contributed by atoms with Crippen LogP contribution in [0.4, 0.5) is 11.6 Å². The van der Waals surface area contributed by atoms with Crippen molar-refractivity contribution < 1.29 is 23.1 Å². The molecule has 3 heterocycles. The predicted octanol–water partition coefficient (Wildman–Crippen LogP) is 4.92. The van der Waals surface area contributed by atoms with E-state index >= 15 is 0 Å². The van der Waals surface area contributed by atoms with Crippen molar-refractivity contribution >= 4 is 56.6 Å². The number of hydrogen-bond donors (Lipinski definition) is 1.